The van der Waals surface area contributed by atoms with Crippen molar-refractivity contribution >= 4 is 46.9 Å². The zero-order chi connectivity index (χ0) is 14.5. The number of rotatable bonds is 4. The molecule has 2 N–H and O–H groups in total. The lowest BCUT2D eigenvalue weighted by Gasteiger charge is -2.27. The van der Waals surface area contributed by atoms with Gasteiger partial charge in [0.15, 0.2) is 0 Å². The average molecular weight is 333 g/mol. The van der Waals surface area contributed by atoms with Crippen LogP contribution in [0.25, 0.3) is 0 Å². The smallest absolute Gasteiger partial charge is 0.408 e. The van der Waals surface area contributed by atoms with Gasteiger partial charge in [-0.1, -0.05) is 54.1 Å². The third-order valence-electron chi connectivity index (χ3n) is 3.03. The van der Waals surface area contributed by atoms with Gasteiger partial charge in [-0.25, -0.2) is 9.59 Å². The van der Waals surface area contributed by atoms with Gasteiger partial charge in [0, 0.05) is 0 Å². The number of amides is 1. The molecule has 1 aliphatic rings. The van der Waals surface area contributed by atoms with E-state index in [1.54, 1.807) is 0 Å². The summed E-state index contributed by atoms with van der Waals surface area (Å²) in [6.07, 6.45) is 3.71. The molecule has 0 aromatic carbocycles. The minimum absolute atomic E-state index is 0.0773. The fourth-order valence-corrected chi connectivity index (χ4v) is 2.33. The Balaban J connectivity index is 2.48. The van der Waals surface area contributed by atoms with E-state index in [4.69, 9.17) is 39.9 Å². The Morgan fingerprint density at radius 2 is 1.84 bits per heavy atom. The van der Waals surface area contributed by atoms with E-state index in [9.17, 15) is 9.59 Å². The number of alkyl carbamates (subject to hydrolysis) is 1. The minimum atomic E-state index is -1.71. The molecule has 0 heterocycles. The van der Waals surface area contributed by atoms with Gasteiger partial charge in [0.2, 0.25) is 3.79 Å². The average Bonchev–Trinajstić information content (AvgIpc) is 2.33. The number of carbonyl (C=O) groups is 2. The standard InChI is InChI=1S/C11H16Cl3NO4/c12-11(13,14)6-19-10(18)15-8(9(16)17)7-4-2-1-3-5-7/h7-8H,1-6H2,(H,15,18)(H,16,17)/t8-/m0/s1. The Morgan fingerprint density at radius 1 is 1.26 bits per heavy atom. The second-order valence-electron chi connectivity index (χ2n) is 4.55. The summed E-state index contributed by atoms with van der Waals surface area (Å²) in [7, 11) is 0. The molecule has 1 aliphatic carbocycles. The van der Waals surface area contributed by atoms with E-state index in [1.165, 1.54) is 0 Å². The van der Waals surface area contributed by atoms with E-state index >= 15 is 0 Å². The molecule has 0 spiro atoms. The first kappa shape index (κ1) is 16.7. The molecule has 0 bridgehead atoms. The van der Waals surface area contributed by atoms with Gasteiger partial charge in [0.05, 0.1) is 0 Å². The van der Waals surface area contributed by atoms with E-state index in [1.807, 2.05) is 0 Å². The highest BCUT2D eigenvalue weighted by Gasteiger charge is 2.32. The second-order valence-corrected chi connectivity index (χ2v) is 7.07. The summed E-state index contributed by atoms with van der Waals surface area (Å²) in [5, 5.41) is 11.5. The molecule has 1 rings (SSSR count). The zero-order valence-corrected chi connectivity index (χ0v) is 12.5. The van der Waals surface area contributed by atoms with Gasteiger partial charge in [0.25, 0.3) is 0 Å². The number of hydrogen-bond acceptors (Lipinski definition) is 3. The number of alkyl halides is 3. The predicted octanol–water partition coefficient (Wildman–Crippen LogP) is 3.12. The molecule has 1 saturated carbocycles. The molecule has 8 heteroatoms. The van der Waals surface area contributed by atoms with Crippen molar-refractivity contribution in [3.8, 4) is 0 Å². The van der Waals surface area contributed by atoms with Gasteiger partial charge in [-0.05, 0) is 18.8 Å². The van der Waals surface area contributed by atoms with Crippen molar-refractivity contribution in [3.05, 3.63) is 0 Å². The molecular formula is C11H16Cl3NO4. The number of carboxylic acids is 1. The molecule has 5 nitrogen and oxygen atoms in total. The summed E-state index contributed by atoms with van der Waals surface area (Å²) >= 11 is 16.3. The summed E-state index contributed by atoms with van der Waals surface area (Å²) in [4.78, 5) is 22.7. The monoisotopic (exact) mass is 331 g/mol. The number of ether oxygens (including phenoxy) is 1. The molecule has 0 aliphatic heterocycles. The van der Waals surface area contributed by atoms with E-state index in [0.29, 0.717) is 0 Å². The van der Waals surface area contributed by atoms with E-state index in [0.717, 1.165) is 32.1 Å². The van der Waals surface area contributed by atoms with Crippen LogP contribution in [0.15, 0.2) is 0 Å². The van der Waals surface area contributed by atoms with Crippen LogP contribution in [0, 0.1) is 5.92 Å². The van der Waals surface area contributed by atoms with Crippen LogP contribution >= 0.6 is 34.8 Å². The Bertz CT molecular complexity index is 326. The molecule has 110 valence electrons. The fourth-order valence-electron chi connectivity index (χ4n) is 2.16. The number of aliphatic carboxylic acids is 1. The summed E-state index contributed by atoms with van der Waals surface area (Å²) in [5.74, 6) is -1.15. The SMILES string of the molecule is O=C(N[C@H](C(=O)O)C1CCCCC1)OCC(Cl)(Cl)Cl. The number of nitrogens with one attached hydrogen (secondary N) is 1. The Hall–Kier alpha value is -0.390. The second kappa shape index (κ2) is 7.41. The van der Waals surface area contributed by atoms with Crippen molar-refractivity contribution in [2.45, 2.75) is 41.9 Å². The summed E-state index contributed by atoms with van der Waals surface area (Å²) in [6.45, 7) is -0.430. The first-order valence-electron chi connectivity index (χ1n) is 6.02. The molecule has 1 amide bonds. The van der Waals surface area contributed by atoms with Crippen molar-refractivity contribution < 1.29 is 19.4 Å². The topological polar surface area (TPSA) is 75.6 Å². The minimum Gasteiger partial charge on any atom is -0.480 e. The normalized spacial score (nSPS) is 18.7. The molecular weight excluding hydrogens is 316 g/mol. The Kier molecular flexibility index (Phi) is 6.50. The Morgan fingerprint density at radius 3 is 2.32 bits per heavy atom. The maximum Gasteiger partial charge on any atom is 0.408 e. The lowest BCUT2D eigenvalue weighted by Crippen LogP contribution is -2.47. The molecule has 0 aromatic rings. The highest BCUT2D eigenvalue weighted by Crippen LogP contribution is 2.27. The molecule has 0 radical (unpaired) electrons. The van der Waals surface area contributed by atoms with Crippen LogP contribution in [0.4, 0.5) is 4.79 Å². The molecule has 19 heavy (non-hydrogen) atoms. The van der Waals surface area contributed by atoms with Crippen LogP contribution in [0.3, 0.4) is 0 Å². The quantitative estimate of drug-likeness (QED) is 0.776. The fraction of sp³-hybridized carbons (Fsp3) is 0.818. The molecule has 0 unspecified atom stereocenters. The lowest BCUT2D eigenvalue weighted by atomic mass is 9.84. The third kappa shape index (κ3) is 6.54. The highest BCUT2D eigenvalue weighted by atomic mass is 35.6. The first-order chi connectivity index (χ1) is 8.79. The molecule has 0 aromatic heterocycles. The Labute approximate surface area is 126 Å². The van der Waals surface area contributed by atoms with Crippen LogP contribution in [-0.4, -0.2) is 33.6 Å². The highest BCUT2D eigenvalue weighted by molar-refractivity contribution is 6.67. The van der Waals surface area contributed by atoms with Crippen molar-refractivity contribution in [2.24, 2.45) is 5.92 Å². The van der Waals surface area contributed by atoms with Crippen molar-refractivity contribution in [3.63, 3.8) is 0 Å². The van der Waals surface area contributed by atoms with Gasteiger partial charge in [-0.2, -0.15) is 0 Å². The number of carbonyl (C=O) groups excluding carboxylic acids is 1. The van der Waals surface area contributed by atoms with Crippen molar-refractivity contribution in [2.75, 3.05) is 6.61 Å². The van der Waals surface area contributed by atoms with Crippen LogP contribution in [0.5, 0.6) is 0 Å². The lowest BCUT2D eigenvalue weighted by molar-refractivity contribution is -0.141. The molecule has 1 fully saturated rings. The predicted molar refractivity (Wildman–Crippen MR) is 72.8 cm³/mol. The third-order valence-corrected chi connectivity index (χ3v) is 3.35. The van der Waals surface area contributed by atoms with Gasteiger partial charge in [-0.3, -0.25) is 0 Å². The first-order valence-corrected chi connectivity index (χ1v) is 7.16. The van der Waals surface area contributed by atoms with Crippen molar-refractivity contribution in [1.82, 2.24) is 5.32 Å². The zero-order valence-electron chi connectivity index (χ0n) is 10.2. The number of hydrogen-bond donors (Lipinski definition) is 2. The number of carboxylic acid groups (broad SMARTS) is 1. The van der Waals surface area contributed by atoms with E-state index < -0.39 is 28.5 Å². The van der Waals surface area contributed by atoms with Gasteiger partial charge >= 0.3 is 12.1 Å². The van der Waals surface area contributed by atoms with Crippen LogP contribution in [0.1, 0.15) is 32.1 Å². The summed E-state index contributed by atoms with van der Waals surface area (Å²) in [5.41, 5.74) is 0. The summed E-state index contributed by atoms with van der Waals surface area (Å²) in [6, 6.07) is -0.955. The van der Waals surface area contributed by atoms with Crippen molar-refractivity contribution in [1.29, 1.82) is 0 Å². The number of halogens is 3. The molecule has 0 saturated heterocycles. The molecule has 1 atom stereocenters. The van der Waals surface area contributed by atoms with Gasteiger partial charge in [0.1, 0.15) is 12.6 Å². The van der Waals surface area contributed by atoms with Gasteiger partial charge < -0.3 is 15.2 Å². The maximum atomic E-state index is 11.5. The van der Waals surface area contributed by atoms with Gasteiger partial charge in [-0.15, -0.1) is 0 Å². The van der Waals surface area contributed by atoms with Crippen LogP contribution in [0.2, 0.25) is 0 Å². The van der Waals surface area contributed by atoms with Crippen LogP contribution in [-0.2, 0) is 9.53 Å². The summed E-state index contributed by atoms with van der Waals surface area (Å²) < 4.78 is 2.96. The van der Waals surface area contributed by atoms with Crippen LogP contribution < -0.4 is 5.32 Å². The maximum absolute atomic E-state index is 11.5. The van der Waals surface area contributed by atoms with E-state index in [2.05, 4.69) is 10.1 Å². The largest absolute Gasteiger partial charge is 0.480 e. The van der Waals surface area contributed by atoms with E-state index in [-0.39, 0.29) is 5.92 Å².